The van der Waals surface area contributed by atoms with Crippen molar-refractivity contribution in [3.05, 3.63) is 52.5 Å². The molecule has 1 atom stereocenters. The molecule has 0 bridgehead atoms. The molecule has 168 valence electrons. The summed E-state index contributed by atoms with van der Waals surface area (Å²) in [5, 5.41) is 2.72. The highest BCUT2D eigenvalue weighted by molar-refractivity contribution is 9.10. The van der Waals surface area contributed by atoms with Gasteiger partial charge in [0.05, 0.1) is 22.6 Å². The maximum atomic E-state index is 12.7. The summed E-state index contributed by atoms with van der Waals surface area (Å²) in [6, 6.07) is 12.0. The first-order valence-electron chi connectivity index (χ1n) is 10.2. The lowest BCUT2D eigenvalue weighted by Gasteiger charge is -2.26. The van der Waals surface area contributed by atoms with Crippen molar-refractivity contribution >= 4 is 37.5 Å². The molecule has 1 fully saturated rings. The molecule has 1 unspecified atom stereocenters. The van der Waals surface area contributed by atoms with Crippen LogP contribution in [0, 0.1) is 0 Å². The average Bonchev–Trinajstić information content (AvgIpc) is 2.78. The molecule has 3 rings (SSSR count). The number of nitrogens with one attached hydrogen (secondary N) is 1. The van der Waals surface area contributed by atoms with Gasteiger partial charge in [-0.25, -0.2) is 8.42 Å². The highest BCUT2D eigenvalue weighted by Gasteiger charge is 2.26. The fourth-order valence-corrected chi connectivity index (χ4v) is 5.08. The van der Waals surface area contributed by atoms with Crippen molar-refractivity contribution in [2.45, 2.75) is 31.1 Å². The number of ether oxygens (including phenoxy) is 2. The molecule has 0 spiro atoms. The molecular formula is C22H27BrN2O5S. The number of rotatable bonds is 8. The molecule has 1 saturated heterocycles. The lowest BCUT2D eigenvalue weighted by Crippen LogP contribution is -2.40. The molecule has 7 nitrogen and oxygen atoms in total. The Kier molecular flexibility index (Phi) is 8.10. The van der Waals surface area contributed by atoms with Crippen LogP contribution in [-0.2, 0) is 19.6 Å². The second-order valence-electron chi connectivity index (χ2n) is 7.38. The monoisotopic (exact) mass is 510 g/mol. The Hall–Kier alpha value is -1.94. The third kappa shape index (κ3) is 6.06. The molecule has 0 aromatic heterocycles. The SMILES string of the molecule is CCC(C)c1ccc(OCC(=O)Nc2ccc(S(=O)(=O)N3CCOCC3)cc2)c(Br)c1. The van der Waals surface area contributed by atoms with E-state index in [1.165, 1.54) is 22.0 Å². The lowest BCUT2D eigenvalue weighted by molar-refractivity contribution is -0.118. The van der Waals surface area contributed by atoms with E-state index in [2.05, 4.69) is 35.1 Å². The quantitative estimate of drug-likeness (QED) is 0.579. The topological polar surface area (TPSA) is 84.9 Å². The Balaban J connectivity index is 1.56. The summed E-state index contributed by atoms with van der Waals surface area (Å²) in [5.74, 6) is 0.708. The zero-order chi connectivity index (χ0) is 22.4. The molecule has 31 heavy (non-hydrogen) atoms. The molecule has 1 N–H and O–H groups in total. The minimum Gasteiger partial charge on any atom is -0.483 e. The van der Waals surface area contributed by atoms with E-state index in [1.54, 1.807) is 12.1 Å². The Morgan fingerprint density at radius 1 is 1.19 bits per heavy atom. The second kappa shape index (κ2) is 10.6. The highest BCUT2D eigenvalue weighted by Crippen LogP contribution is 2.30. The van der Waals surface area contributed by atoms with Crippen molar-refractivity contribution in [2.75, 3.05) is 38.2 Å². The first-order chi connectivity index (χ1) is 14.8. The van der Waals surface area contributed by atoms with Crippen molar-refractivity contribution in [3.63, 3.8) is 0 Å². The van der Waals surface area contributed by atoms with E-state index >= 15 is 0 Å². The molecule has 1 aliphatic rings. The van der Waals surface area contributed by atoms with Crippen molar-refractivity contribution < 1.29 is 22.7 Å². The predicted octanol–water partition coefficient (Wildman–Crippen LogP) is 4.00. The average molecular weight is 511 g/mol. The predicted molar refractivity (Wildman–Crippen MR) is 123 cm³/mol. The Morgan fingerprint density at radius 3 is 2.48 bits per heavy atom. The smallest absolute Gasteiger partial charge is 0.262 e. The fraction of sp³-hybridized carbons (Fsp3) is 0.409. The van der Waals surface area contributed by atoms with E-state index in [-0.39, 0.29) is 17.4 Å². The van der Waals surface area contributed by atoms with Gasteiger partial charge in [-0.15, -0.1) is 0 Å². The highest BCUT2D eigenvalue weighted by atomic mass is 79.9. The molecule has 1 amide bonds. The number of hydrogen-bond acceptors (Lipinski definition) is 5. The summed E-state index contributed by atoms with van der Waals surface area (Å²) >= 11 is 3.50. The Bertz CT molecular complexity index is 1010. The van der Waals surface area contributed by atoms with Crippen LogP contribution < -0.4 is 10.1 Å². The van der Waals surface area contributed by atoms with E-state index in [4.69, 9.17) is 9.47 Å². The second-order valence-corrected chi connectivity index (χ2v) is 10.2. The van der Waals surface area contributed by atoms with Crippen LogP contribution in [0.3, 0.4) is 0 Å². The maximum Gasteiger partial charge on any atom is 0.262 e. The molecule has 9 heteroatoms. The molecule has 0 saturated carbocycles. The van der Waals surface area contributed by atoms with Gasteiger partial charge in [0, 0.05) is 18.8 Å². The van der Waals surface area contributed by atoms with Crippen LogP contribution in [0.4, 0.5) is 5.69 Å². The van der Waals surface area contributed by atoms with Gasteiger partial charge in [-0.1, -0.05) is 19.9 Å². The van der Waals surface area contributed by atoms with Crippen LogP contribution in [0.1, 0.15) is 31.7 Å². The molecule has 0 radical (unpaired) electrons. The van der Waals surface area contributed by atoms with E-state index < -0.39 is 10.0 Å². The summed E-state index contributed by atoms with van der Waals surface area (Å²) in [4.78, 5) is 12.4. The number of nitrogens with zero attached hydrogens (tertiary/aromatic N) is 1. The van der Waals surface area contributed by atoms with E-state index in [0.717, 1.165) is 10.9 Å². The molecule has 2 aromatic rings. The van der Waals surface area contributed by atoms with Crippen molar-refractivity contribution in [2.24, 2.45) is 0 Å². The third-order valence-electron chi connectivity index (χ3n) is 5.24. The third-order valence-corrected chi connectivity index (χ3v) is 7.77. The van der Waals surface area contributed by atoms with Gasteiger partial charge in [0.15, 0.2) is 6.61 Å². The fourth-order valence-electron chi connectivity index (χ4n) is 3.16. The molecule has 1 aliphatic heterocycles. The number of amides is 1. The zero-order valence-electron chi connectivity index (χ0n) is 17.6. The van der Waals surface area contributed by atoms with E-state index in [0.29, 0.717) is 43.7 Å². The van der Waals surface area contributed by atoms with Gasteiger partial charge in [0.2, 0.25) is 10.0 Å². The maximum absolute atomic E-state index is 12.7. The van der Waals surface area contributed by atoms with Gasteiger partial charge < -0.3 is 14.8 Å². The van der Waals surface area contributed by atoms with Gasteiger partial charge in [0.25, 0.3) is 5.91 Å². The number of sulfonamides is 1. The molecular weight excluding hydrogens is 484 g/mol. The summed E-state index contributed by atoms with van der Waals surface area (Å²) in [5.41, 5.74) is 1.71. The van der Waals surface area contributed by atoms with Gasteiger partial charge >= 0.3 is 0 Å². The van der Waals surface area contributed by atoms with Gasteiger partial charge in [-0.3, -0.25) is 4.79 Å². The van der Waals surface area contributed by atoms with Crippen LogP contribution in [0.25, 0.3) is 0 Å². The first-order valence-corrected chi connectivity index (χ1v) is 12.4. The number of morpholine rings is 1. The Labute approximate surface area is 191 Å². The standard InChI is InChI=1S/C22H27BrN2O5S/c1-3-16(2)17-4-9-21(20(23)14-17)30-15-22(26)24-18-5-7-19(8-6-18)31(27,28)25-10-12-29-13-11-25/h4-9,14,16H,3,10-13,15H2,1-2H3,(H,24,26). The van der Waals surface area contributed by atoms with Crippen molar-refractivity contribution in [1.82, 2.24) is 4.31 Å². The molecule has 0 aliphatic carbocycles. The van der Waals surface area contributed by atoms with Crippen LogP contribution in [0.5, 0.6) is 5.75 Å². The van der Waals surface area contributed by atoms with Crippen molar-refractivity contribution in [3.8, 4) is 5.75 Å². The number of benzene rings is 2. The van der Waals surface area contributed by atoms with Crippen molar-refractivity contribution in [1.29, 1.82) is 0 Å². The zero-order valence-corrected chi connectivity index (χ0v) is 20.0. The Morgan fingerprint density at radius 2 is 1.87 bits per heavy atom. The van der Waals surface area contributed by atoms with Gasteiger partial charge in [0.1, 0.15) is 5.75 Å². The van der Waals surface area contributed by atoms with Gasteiger partial charge in [-0.2, -0.15) is 4.31 Å². The van der Waals surface area contributed by atoms with Crippen LogP contribution in [0.15, 0.2) is 51.8 Å². The number of halogens is 1. The number of anilines is 1. The minimum absolute atomic E-state index is 0.158. The normalized spacial score (nSPS) is 16.0. The largest absolute Gasteiger partial charge is 0.483 e. The van der Waals surface area contributed by atoms with E-state index in [1.807, 2.05) is 18.2 Å². The van der Waals surface area contributed by atoms with Crippen LogP contribution in [-0.4, -0.2) is 51.5 Å². The van der Waals surface area contributed by atoms with Crippen LogP contribution >= 0.6 is 15.9 Å². The minimum atomic E-state index is -3.56. The summed E-state index contributed by atoms with van der Waals surface area (Å²) in [7, 11) is -3.56. The number of hydrogen-bond donors (Lipinski definition) is 1. The number of carbonyl (C=O) groups excluding carboxylic acids is 1. The summed E-state index contributed by atoms with van der Waals surface area (Å²) < 4.78 is 38.4. The molecule has 1 heterocycles. The number of carbonyl (C=O) groups is 1. The first kappa shape index (κ1) is 23.7. The summed E-state index contributed by atoms with van der Waals surface area (Å²) in [6.07, 6.45) is 1.04. The lowest BCUT2D eigenvalue weighted by atomic mass is 9.99. The summed E-state index contributed by atoms with van der Waals surface area (Å²) in [6.45, 7) is 5.60. The van der Waals surface area contributed by atoms with Gasteiger partial charge in [-0.05, 0) is 70.2 Å². The van der Waals surface area contributed by atoms with E-state index in [9.17, 15) is 13.2 Å². The van der Waals surface area contributed by atoms with Crippen LogP contribution in [0.2, 0.25) is 0 Å². The molecule has 2 aromatic carbocycles.